The van der Waals surface area contributed by atoms with Crippen molar-refractivity contribution in [2.45, 2.75) is 6.54 Å². The first-order valence-corrected chi connectivity index (χ1v) is 7.28. The molecule has 0 fully saturated rings. The van der Waals surface area contributed by atoms with Gasteiger partial charge in [0.1, 0.15) is 0 Å². The fourth-order valence-corrected chi connectivity index (χ4v) is 3.06. The van der Waals surface area contributed by atoms with Gasteiger partial charge >= 0.3 is 0 Å². The molecule has 0 radical (unpaired) electrons. The van der Waals surface area contributed by atoms with Crippen molar-refractivity contribution >= 4 is 38.8 Å². The van der Waals surface area contributed by atoms with E-state index in [1.54, 1.807) is 28.2 Å². The third kappa shape index (κ3) is 2.27. The molecule has 1 amide bonds. The van der Waals surface area contributed by atoms with Gasteiger partial charge in [-0.05, 0) is 40.6 Å². The summed E-state index contributed by atoms with van der Waals surface area (Å²) < 4.78 is 1.04. The lowest BCUT2D eigenvalue weighted by atomic mass is 10.2. The number of hydrogen-bond acceptors (Lipinski definition) is 4. The van der Waals surface area contributed by atoms with E-state index >= 15 is 0 Å². The quantitative estimate of drug-likeness (QED) is 0.796. The lowest BCUT2D eigenvalue weighted by molar-refractivity contribution is 0.0951. The fourth-order valence-electron chi connectivity index (χ4n) is 1.67. The highest BCUT2D eigenvalue weighted by Crippen LogP contribution is 2.19. The molecular formula is C13H10N2OS2. The Kier molecular flexibility index (Phi) is 3.08. The molecular weight excluding hydrogens is 264 g/mol. The number of nitrogens with zero attached hydrogens (tertiary/aromatic N) is 1. The number of amides is 1. The second-order valence-electron chi connectivity index (χ2n) is 3.85. The van der Waals surface area contributed by atoms with Crippen molar-refractivity contribution in [3.8, 4) is 0 Å². The minimum absolute atomic E-state index is 0.0449. The number of carbonyl (C=O) groups excluding carboxylic acids is 1. The Morgan fingerprint density at radius 1 is 1.33 bits per heavy atom. The Hall–Kier alpha value is -1.72. The van der Waals surface area contributed by atoms with E-state index in [0.717, 1.165) is 15.8 Å². The fraction of sp³-hybridized carbons (Fsp3) is 0.0769. The van der Waals surface area contributed by atoms with Crippen LogP contribution >= 0.6 is 22.7 Å². The van der Waals surface area contributed by atoms with Crippen LogP contribution in [-0.4, -0.2) is 10.9 Å². The van der Waals surface area contributed by atoms with Crippen LogP contribution in [0.2, 0.25) is 0 Å². The highest BCUT2D eigenvalue weighted by molar-refractivity contribution is 7.16. The molecule has 5 heteroatoms. The minimum atomic E-state index is -0.0449. The average molecular weight is 274 g/mol. The summed E-state index contributed by atoms with van der Waals surface area (Å²) in [5, 5.41) is 6.95. The smallest absolute Gasteiger partial charge is 0.251 e. The number of thiophene rings is 1. The molecule has 90 valence electrons. The largest absolute Gasteiger partial charge is 0.348 e. The number of carbonyl (C=O) groups is 1. The van der Waals surface area contributed by atoms with Gasteiger partial charge in [-0.3, -0.25) is 4.79 Å². The number of nitrogens with one attached hydrogen (secondary N) is 1. The summed E-state index contributed by atoms with van der Waals surface area (Å²) >= 11 is 3.18. The van der Waals surface area contributed by atoms with Crippen LogP contribution in [0.5, 0.6) is 0 Å². The van der Waals surface area contributed by atoms with Crippen LogP contribution in [0, 0.1) is 0 Å². The molecule has 2 heterocycles. The number of thiazole rings is 1. The monoisotopic (exact) mass is 274 g/mol. The summed E-state index contributed by atoms with van der Waals surface area (Å²) in [6, 6.07) is 7.59. The maximum atomic E-state index is 12.0. The zero-order chi connectivity index (χ0) is 12.4. The van der Waals surface area contributed by atoms with E-state index in [0.29, 0.717) is 12.1 Å². The topological polar surface area (TPSA) is 42.0 Å². The lowest BCUT2D eigenvalue weighted by Gasteiger charge is -2.03. The molecule has 0 aliphatic carbocycles. The van der Waals surface area contributed by atoms with Gasteiger partial charge in [-0.15, -0.1) is 11.3 Å². The molecule has 1 aromatic carbocycles. The van der Waals surface area contributed by atoms with Gasteiger partial charge in [0.25, 0.3) is 5.91 Å². The Morgan fingerprint density at radius 3 is 3.11 bits per heavy atom. The Morgan fingerprint density at radius 2 is 2.28 bits per heavy atom. The van der Waals surface area contributed by atoms with Gasteiger partial charge in [0.05, 0.1) is 15.7 Å². The van der Waals surface area contributed by atoms with E-state index in [4.69, 9.17) is 0 Å². The van der Waals surface area contributed by atoms with Gasteiger partial charge in [-0.25, -0.2) is 4.98 Å². The lowest BCUT2D eigenvalue weighted by Crippen LogP contribution is -2.22. The first kappa shape index (κ1) is 11.4. The molecule has 0 spiro atoms. The van der Waals surface area contributed by atoms with Crippen molar-refractivity contribution in [2.24, 2.45) is 0 Å². The van der Waals surface area contributed by atoms with Gasteiger partial charge in [0.15, 0.2) is 0 Å². The molecule has 3 rings (SSSR count). The maximum Gasteiger partial charge on any atom is 0.251 e. The van der Waals surface area contributed by atoms with Crippen LogP contribution in [0.15, 0.2) is 40.5 Å². The molecule has 0 saturated carbocycles. The molecule has 2 aromatic heterocycles. The standard InChI is InChI=1S/C13H10N2OS2/c16-13(14-6-9-3-4-17-7-9)10-1-2-11-12(5-10)18-8-15-11/h1-5,7-8H,6H2,(H,14,16). The van der Waals surface area contributed by atoms with Gasteiger partial charge in [-0.2, -0.15) is 11.3 Å². The predicted octanol–water partition coefficient (Wildman–Crippen LogP) is 3.29. The molecule has 18 heavy (non-hydrogen) atoms. The zero-order valence-electron chi connectivity index (χ0n) is 9.42. The van der Waals surface area contributed by atoms with Crippen LogP contribution in [0.3, 0.4) is 0 Å². The summed E-state index contributed by atoms with van der Waals surface area (Å²) in [7, 11) is 0. The normalized spacial score (nSPS) is 10.7. The van der Waals surface area contributed by atoms with E-state index in [1.807, 2.05) is 35.0 Å². The number of rotatable bonds is 3. The first-order chi connectivity index (χ1) is 8.83. The molecule has 3 nitrogen and oxygen atoms in total. The van der Waals surface area contributed by atoms with Crippen molar-refractivity contribution in [2.75, 3.05) is 0 Å². The molecule has 0 bridgehead atoms. The third-order valence-electron chi connectivity index (χ3n) is 2.63. The zero-order valence-corrected chi connectivity index (χ0v) is 11.1. The van der Waals surface area contributed by atoms with Gasteiger partial charge in [-0.1, -0.05) is 0 Å². The highest BCUT2D eigenvalue weighted by atomic mass is 32.1. The van der Waals surface area contributed by atoms with E-state index in [9.17, 15) is 4.79 Å². The molecule has 3 aromatic rings. The molecule has 1 N–H and O–H groups in total. The van der Waals surface area contributed by atoms with Crippen molar-refractivity contribution in [1.82, 2.24) is 10.3 Å². The molecule has 0 atom stereocenters. The van der Waals surface area contributed by atoms with E-state index < -0.39 is 0 Å². The number of hydrogen-bond donors (Lipinski definition) is 1. The number of benzene rings is 1. The van der Waals surface area contributed by atoms with E-state index in [2.05, 4.69) is 10.3 Å². The second-order valence-corrected chi connectivity index (χ2v) is 5.52. The van der Waals surface area contributed by atoms with E-state index in [-0.39, 0.29) is 5.91 Å². The molecule has 0 saturated heterocycles. The van der Waals surface area contributed by atoms with E-state index in [1.165, 1.54) is 0 Å². The van der Waals surface area contributed by atoms with Crippen LogP contribution in [0.1, 0.15) is 15.9 Å². The van der Waals surface area contributed by atoms with Crippen LogP contribution in [0.4, 0.5) is 0 Å². The number of fused-ring (bicyclic) bond motifs is 1. The highest BCUT2D eigenvalue weighted by Gasteiger charge is 2.07. The average Bonchev–Trinajstić information content (AvgIpc) is 3.05. The van der Waals surface area contributed by atoms with Gasteiger partial charge in [0, 0.05) is 12.1 Å². The van der Waals surface area contributed by atoms with Crippen LogP contribution < -0.4 is 5.32 Å². The van der Waals surface area contributed by atoms with Crippen molar-refractivity contribution in [3.63, 3.8) is 0 Å². The van der Waals surface area contributed by atoms with Crippen LogP contribution in [0.25, 0.3) is 10.2 Å². The summed E-state index contributed by atoms with van der Waals surface area (Å²) in [5.74, 6) is -0.0449. The summed E-state index contributed by atoms with van der Waals surface area (Å²) in [6.07, 6.45) is 0. The second kappa shape index (κ2) is 4.88. The Bertz CT molecular complexity index is 673. The first-order valence-electron chi connectivity index (χ1n) is 5.45. The van der Waals surface area contributed by atoms with Crippen molar-refractivity contribution in [3.05, 3.63) is 51.7 Å². The van der Waals surface area contributed by atoms with Crippen molar-refractivity contribution < 1.29 is 4.79 Å². The molecule has 0 unspecified atom stereocenters. The third-order valence-corrected chi connectivity index (χ3v) is 4.15. The maximum absolute atomic E-state index is 12.0. The summed E-state index contributed by atoms with van der Waals surface area (Å²) in [6.45, 7) is 0.572. The summed E-state index contributed by atoms with van der Waals surface area (Å²) in [5.41, 5.74) is 4.54. The minimum Gasteiger partial charge on any atom is -0.348 e. The van der Waals surface area contributed by atoms with Gasteiger partial charge < -0.3 is 5.32 Å². The van der Waals surface area contributed by atoms with Crippen molar-refractivity contribution in [1.29, 1.82) is 0 Å². The molecule has 0 aliphatic rings. The predicted molar refractivity (Wildman–Crippen MR) is 75.1 cm³/mol. The van der Waals surface area contributed by atoms with Gasteiger partial charge in [0.2, 0.25) is 0 Å². The summed E-state index contributed by atoms with van der Waals surface area (Å²) in [4.78, 5) is 16.2. The number of aromatic nitrogens is 1. The Labute approximate surface area is 112 Å². The SMILES string of the molecule is O=C(NCc1ccsc1)c1ccc2ncsc2c1. The Balaban J connectivity index is 1.75. The molecule has 0 aliphatic heterocycles. The van der Waals surface area contributed by atoms with Crippen LogP contribution in [-0.2, 0) is 6.54 Å².